The highest BCUT2D eigenvalue weighted by Crippen LogP contribution is 2.33. The van der Waals surface area contributed by atoms with Crippen molar-refractivity contribution in [1.82, 2.24) is 14.5 Å². The van der Waals surface area contributed by atoms with Gasteiger partial charge in [0, 0.05) is 18.8 Å². The molecule has 0 aliphatic carbocycles. The summed E-state index contributed by atoms with van der Waals surface area (Å²) in [5.41, 5.74) is 2.25. The van der Waals surface area contributed by atoms with Crippen LogP contribution in [0.2, 0.25) is 0 Å². The van der Waals surface area contributed by atoms with Crippen LogP contribution < -0.4 is 5.56 Å². The topological polar surface area (TPSA) is 122 Å². The van der Waals surface area contributed by atoms with Crippen molar-refractivity contribution in [2.45, 2.75) is 55.4 Å². The summed E-state index contributed by atoms with van der Waals surface area (Å²) < 4.78 is 28.6. The highest BCUT2D eigenvalue weighted by atomic mass is 32.2. The monoisotopic (exact) mass is 533 g/mol. The summed E-state index contributed by atoms with van der Waals surface area (Å²) in [6, 6.07) is 16.0. The Balaban J connectivity index is 1.85. The molecule has 0 radical (unpaired) electrons. The lowest BCUT2D eigenvalue weighted by Gasteiger charge is -2.24. The van der Waals surface area contributed by atoms with Gasteiger partial charge in [-0.15, -0.1) is 0 Å². The first-order valence-corrected chi connectivity index (χ1v) is 14.0. The maximum atomic E-state index is 13.7. The number of sulfone groups is 1. The first-order valence-electron chi connectivity index (χ1n) is 12.6. The Kier molecular flexibility index (Phi) is 8.38. The molecule has 0 saturated heterocycles. The van der Waals surface area contributed by atoms with E-state index in [1.165, 1.54) is 16.7 Å². The molecule has 4 aromatic rings. The standard InChI is InChI=1S/C29H31N3O5S/c1-3-4-6-11-26-31-28(34)27(29(35)32(26)25(19-33)22-9-7-5-8-10-22)38(36,37)23-14-12-21(13-15-23)24-16-17-30-18-20(24)2/h5,7-10,12-18,25,33,35H,3-4,6,11,19H2,1-2H3/t25-/m0/s1. The minimum Gasteiger partial charge on any atom is -0.493 e. The van der Waals surface area contributed by atoms with Crippen LogP contribution in [0.4, 0.5) is 0 Å². The summed E-state index contributed by atoms with van der Waals surface area (Å²) in [5.74, 6) is -0.500. The van der Waals surface area contributed by atoms with Crippen molar-refractivity contribution in [1.29, 1.82) is 0 Å². The number of aromatic nitrogens is 3. The third kappa shape index (κ3) is 5.39. The minimum absolute atomic E-state index is 0.146. The molecule has 0 saturated carbocycles. The Morgan fingerprint density at radius 2 is 1.71 bits per heavy atom. The number of pyridine rings is 1. The van der Waals surface area contributed by atoms with Crippen LogP contribution in [0.1, 0.15) is 49.2 Å². The number of nitrogens with zero attached hydrogens (tertiary/aromatic N) is 3. The second-order valence-electron chi connectivity index (χ2n) is 9.14. The maximum Gasteiger partial charge on any atom is 0.296 e. The van der Waals surface area contributed by atoms with Crippen LogP contribution in [-0.2, 0) is 16.3 Å². The highest BCUT2D eigenvalue weighted by molar-refractivity contribution is 7.91. The van der Waals surface area contributed by atoms with E-state index in [-0.39, 0.29) is 10.7 Å². The molecule has 0 aliphatic heterocycles. The molecule has 0 spiro atoms. The first-order chi connectivity index (χ1) is 18.3. The molecule has 2 N–H and O–H groups in total. The smallest absolute Gasteiger partial charge is 0.296 e. The highest BCUT2D eigenvalue weighted by Gasteiger charge is 2.32. The van der Waals surface area contributed by atoms with Crippen molar-refractivity contribution in [3.8, 4) is 17.0 Å². The van der Waals surface area contributed by atoms with Crippen LogP contribution in [0.3, 0.4) is 0 Å². The van der Waals surface area contributed by atoms with Gasteiger partial charge in [0.2, 0.25) is 15.7 Å². The Morgan fingerprint density at radius 3 is 2.34 bits per heavy atom. The number of aliphatic hydroxyl groups is 1. The Bertz CT molecular complexity index is 1570. The summed E-state index contributed by atoms with van der Waals surface area (Å²) in [7, 11) is -4.44. The molecular formula is C29H31N3O5S. The molecule has 0 bridgehead atoms. The average molecular weight is 534 g/mol. The fourth-order valence-electron chi connectivity index (χ4n) is 4.56. The molecule has 0 unspecified atom stereocenters. The van der Waals surface area contributed by atoms with Crippen LogP contribution in [0.25, 0.3) is 11.1 Å². The van der Waals surface area contributed by atoms with Gasteiger partial charge in [-0.1, -0.05) is 62.2 Å². The fourth-order valence-corrected chi connectivity index (χ4v) is 5.91. The Hall–Kier alpha value is -3.82. The van der Waals surface area contributed by atoms with Gasteiger partial charge >= 0.3 is 0 Å². The molecule has 0 fully saturated rings. The van der Waals surface area contributed by atoms with Gasteiger partial charge in [-0.2, -0.15) is 4.98 Å². The maximum absolute atomic E-state index is 13.7. The molecule has 38 heavy (non-hydrogen) atoms. The fraction of sp³-hybridized carbons (Fsp3) is 0.276. The Labute approximate surface area is 222 Å². The quantitative estimate of drug-likeness (QED) is 0.289. The van der Waals surface area contributed by atoms with Gasteiger partial charge in [0.25, 0.3) is 5.56 Å². The third-order valence-corrected chi connectivity index (χ3v) is 8.36. The summed E-state index contributed by atoms with van der Waals surface area (Å²) in [4.78, 5) is 20.4. The van der Waals surface area contributed by atoms with Gasteiger partial charge in [0.1, 0.15) is 5.82 Å². The zero-order chi connectivity index (χ0) is 27.3. The lowest BCUT2D eigenvalue weighted by atomic mass is 10.0. The molecule has 4 rings (SSSR count). The van der Waals surface area contributed by atoms with E-state index in [1.807, 2.05) is 26.0 Å². The van der Waals surface area contributed by atoms with Crippen LogP contribution in [-0.4, -0.2) is 39.8 Å². The third-order valence-electron chi connectivity index (χ3n) is 6.57. The molecule has 2 aromatic heterocycles. The van der Waals surface area contributed by atoms with Crippen LogP contribution in [0.15, 0.2) is 87.6 Å². The number of benzene rings is 2. The number of rotatable bonds is 10. The summed E-state index contributed by atoms with van der Waals surface area (Å²) >= 11 is 0. The van der Waals surface area contributed by atoms with Crippen molar-refractivity contribution >= 4 is 9.84 Å². The lowest BCUT2D eigenvalue weighted by molar-refractivity contribution is 0.231. The van der Waals surface area contributed by atoms with Crippen LogP contribution >= 0.6 is 0 Å². The molecule has 9 heteroatoms. The summed E-state index contributed by atoms with van der Waals surface area (Å²) in [5, 5.41) is 21.7. The lowest BCUT2D eigenvalue weighted by Crippen LogP contribution is -2.28. The van der Waals surface area contributed by atoms with Crippen LogP contribution in [0, 0.1) is 6.92 Å². The molecule has 198 valence electrons. The van der Waals surface area contributed by atoms with Gasteiger partial charge in [0.05, 0.1) is 17.5 Å². The molecule has 8 nitrogen and oxygen atoms in total. The zero-order valence-electron chi connectivity index (χ0n) is 21.4. The SMILES string of the molecule is CCCCCc1nc(=O)c(S(=O)(=O)c2ccc(-c3ccncc3C)cc2)c(O)n1[C@@H](CO)c1ccccc1. The van der Waals surface area contributed by atoms with E-state index >= 15 is 0 Å². The van der Waals surface area contributed by atoms with Crippen molar-refractivity contribution in [3.63, 3.8) is 0 Å². The summed E-state index contributed by atoms with van der Waals surface area (Å²) in [6.45, 7) is 3.52. The number of aliphatic hydroxyl groups excluding tert-OH is 1. The molecule has 2 aromatic carbocycles. The largest absolute Gasteiger partial charge is 0.493 e. The van der Waals surface area contributed by atoms with Crippen LogP contribution in [0.5, 0.6) is 5.88 Å². The van der Waals surface area contributed by atoms with E-state index < -0.39 is 38.8 Å². The predicted octanol–water partition coefficient (Wildman–Crippen LogP) is 4.47. The number of hydrogen-bond donors (Lipinski definition) is 2. The van der Waals surface area contributed by atoms with E-state index in [0.717, 1.165) is 29.5 Å². The van der Waals surface area contributed by atoms with E-state index in [1.54, 1.807) is 48.8 Å². The predicted molar refractivity (Wildman–Crippen MR) is 145 cm³/mol. The van der Waals surface area contributed by atoms with E-state index in [2.05, 4.69) is 9.97 Å². The Morgan fingerprint density at radius 1 is 1.00 bits per heavy atom. The van der Waals surface area contributed by atoms with Crippen molar-refractivity contribution < 1.29 is 18.6 Å². The molecule has 2 heterocycles. The van der Waals surface area contributed by atoms with Crippen molar-refractivity contribution in [2.75, 3.05) is 6.61 Å². The summed E-state index contributed by atoms with van der Waals surface area (Å²) in [6.07, 6.45) is 6.22. The minimum atomic E-state index is -4.44. The van der Waals surface area contributed by atoms with Crippen molar-refractivity contribution in [3.05, 3.63) is 100 Å². The second-order valence-corrected chi connectivity index (χ2v) is 11.0. The average Bonchev–Trinajstić information content (AvgIpc) is 2.91. The van der Waals surface area contributed by atoms with Gasteiger partial charge in [-0.25, -0.2) is 8.42 Å². The second kappa shape index (κ2) is 11.7. The van der Waals surface area contributed by atoms with E-state index in [4.69, 9.17) is 0 Å². The zero-order valence-corrected chi connectivity index (χ0v) is 22.2. The van der Waals surface area contributed by atoms with Gasteiger partial charge < -0.3 is 10.2 Å². The van der Waals surface area contributed by atoms with Gasteiger partial charge in [0.15, 0.2) is 4.90 Å². The molecule has 0 aliphatic rings. The van der Waals surface area contributed by atoms with Gasteiger partial charge in [-0.05, 0) is 53.8 Å². The van der Waals surface area contributed by atoms with E-state index in [9.17, 15) is 23.4 Å². The van der Waals surface area contributed by atoms with Crippen molar-refractivity contribution in [2.24, 2.45) is 0 Å². The number of aryl methyl sites for hydroxylation is 2. The number of unbranched alkanes of at least 4 members (excludes halogenated alkanes) is 2. The molecular weight excluding hydrogens is 502 g/mol. The number of hydrogen-bond acceptors (Lipinski definition) is 7. The molecule has 1 atom stereocenters. The first kappa shape index (κ1) is 27.2. The number of aromatic hydroxyl groups is 1. The van der Waals surface area contributed by atoms with Gasteiger partial charge in [-0.3, -0.25) is 14.3 Å². The van der Waals surface area contributed by atoms with E-state index in [0.29, 0.717) is 18.4 Å². The molecule has 0 amide bonds. The normalized spacial score (nSPS) is 12.4.